The van der Waals surface area contributed by atoms with Gasteiger partial charge in [0.05, 0.1) is 18.4 Å². The first-order valence-electron chi connectivity index (χ1n) is 11.2. The Balaban J connectivity index is 1.83. The minimum atomic E-state index is -3.36. The van der Waals surface area contributed by atoms with Gasteiger partial charge in [-0.25, -0.2) is 0 Å². The second-order valence-electron chi connectivity index (χ2n) is 8.44. The lowest BCUT2D eigenvalue weighted by molar-refractivity contribution is 0.141. The zero-order chi connectivity index (χ0) is 23.7. The van der Waals surface area contributed by atoms with E-state index in [2.05, 4.69) is 0 Å². The molecule has 0 N–H and O–H groups in total. The highest BCUT2D eigenvalue weighted by Crippen LogP contribution is 2.54. The summed E-state index contributed by atoms with van der Waals surface area (Å²) in [5.74, 6) is 1.28. The van der Waals surface area contributed by atoms with Crippen LogP contribution in [0.2, 0.25) is 0 Å². The van der Waals surface area contributed by atoms with Crippen molar-refractivity contribution in [2.75, 3.05) is 0 Å². The van der Waals surface area contributed by atoms with Crippen LogP contribution in [0.25, 0.3) is 0 Å². The number of rotatable bonds is 12. The van der Waals surface area contributed by atoms with Crippen LogP contribution < -0.4 is 9.47 Å². The van der Waals surface area contributed by atoms with Gasteiger partial charge < -0.3 is 18.5 Å². The zero-order valence-electron chi connectivity index (χ0n) is 19.8. The highest BCUT2D eigenvalue weighted by Gasteiger charge is 2.28. The van der Waals surface area contributed by atoms with E-state index in [9.17, 15) is 4.57 Å². The molecule has 5 nitrogen and oxygen atoms in total. The number of hydrogen-bond acceptors (Lipinski definition) is 5. The molecule has 0 fully saturated rings. The molecule has 3 aromatic carbocycles. The fraction of sp³-hybridized carbons (Fsp3) is 0.333. The Labute approximate surface area is 197 Å². The highest BCUT2D eigenvalue weighted by molar-refractivity contribution is 7.53. The van der Waals surface area contributed by atoms with Gasteiger partial charge in [0.2, 0.25) is 0 Å². The van der Waals surface area contributed by atoms with E-state index >= 15 is 0 Å². The summed E-state index contributed by atoms with van der Waals surface area (Å²) >= 11 is 0. The van der Waals surface area contributed by atoms with Crippen LogP contribution in [0.3, 0.4) is 0 Å². The molecule has 176 valence electrons. The van der Waals surface area contributed by atoms with E-state index in [0.29, 0.717) is 24.7 Å². The average Bonchev–Trinajstić information content (AvgIpc) is 2.76. The van der Waals surface area contributed by atoms with Crippen molar-refractivity contribution in [2.24, 2.45) is 0 Å². The van der Waals surface area contributed by atoms with Gasteiger partial charge in [0.15, 0.2) is 0 Å². The summed E-state index contributed by atoms with van der Waals surface area (Å²) < 4.78 is 37.0. The lowest BCUT2D eigenvalue weighted by atomic mass is 10.2. The molecule has 0 bridgehead atoms. The Bertz CT molecular complexity index is 959. The number of ether oxygens (including phenoxy) is 2. The molecule has 3 aromatic rings. The van der Waals surface area contributed by atoms with E-state index in [1.807, 2.05) is 107 Å². The summed E-state index contributed by atoms with van der Waals surface area (Å²) in [5.41, 5.74) is 2.89. The normalized spacial score (nSPS) is 11.7. The molecule has 0 heterocycles. The van der Waals surface area contributed by atoms with Gasteiger partial charge in [-0.05, 0) is 56.5 Å². The van der Waals surface area contributed by atoms with Crippen LogP contribution in [0.4, 0.5) is 0 Å². The van der Waals surface area contributed by atoms with E-state index in [-0.39, 0.29) is 18.4 Å². The second kappa shape index (κ2) is 12.0. The van der Waals surface area contributed by atoms with Crippen LogP contribution >= 0.6 is 7.60 Å². The predicted molar refractivity (Wildman–Crippen MR) is 132 cm³/mol. The first kappa shape index (κ1) is 25.0. The summed E-state index contributed by atoms with van der Waals surface area (Å²) in [6.45, 7) is 8.25. The van der Waals surface area contributed by atoms with Crippen LogP contribution in [0.1, 0.15) is 44.4 Å². The SMILES string of the molecule is CC(C)OP(=O)(Cc1cc(OCc2ccccc2)cc(OCc2ccccc2)c1)OC(C)C. The molecule has 6 heteroatoms. The van der Waals surface area contributed by atoms with Crippen molar-refractivity contribution in [1.82, 2.24) is 0 Å². The lowest BCUT2D eigenvalue weighted by Gasteiger charge is -2.23. The Hall–Kier alpha value is -2.59. The largest absolute Gasteiger partial charge is 0.489 e. The Kier molecular flexibility index (Phi) is 9.13. The quantitative estimate of drug-likeness (QED) is 0.259. The van der Waals surface area contributed by atoms with E-state index in [0.717, 1.165) is 16.7 Å². The summed E-state index contributed by atoms with van der Waals surface area (Å²) in [5, 5.41) is 0. The van der Waals surface area contributed by atoms with Gasteiger partial charge in [0.1, 0.15) is 24.7 Å². The van der Waals surface area contributed by atoms with Gasteiger partial charge in [0, 0.05) is 6.07 Å². The van der Waals surface area contributed by atoms with Gasteiger partial charge in [0.25, 0.3) is 0 Å². The number of benzene rings is 3. The van der Waals surface area contributed by atoms with Crippen LogP contribution in [-0.2, 0) is 33.0 Å². The smallest absolute Gasteiger partial charge is 0.335 e. The topological polar surface area (TPSA) is 54.0 Å². The summed E-state index contributed by atoms with van der Waals surface area (Å²) in [7, 11) is -3.36. The first-order chi connectivity index (χ1) is 15.8. The molecule has 0 saturated heterocycles. The third-order valence-corrected chi connectivity index (χ3v) is 6.79. The Morgan fingerprint density at radius 1 is 0.636 bits per heavy atom. The van der Waals surface area contributed by atoms with Crippen molar-refractivity contribution in [1.29, 1.82) is 0 Å². The minimum absolute atomic E-state index is 0.133. The van der Waals surface area contributed by atoms with Crippen molar-refractivity contribution in [2.45, 2.75) is 59.3 Å². The van der Waals surface area contributed by atoms with Gasteiger partial charge >= 0.3 is 7.60 Å². The third-order valence-electron chi connectivity index (χ3n) is 4.56. The Morgan fingerprint density at radius 3 is 1.45 bits per heavy atom. The molecule has 0 aliphatic heterocycles. The average molecular weight is 469 g/mol. The molecular formula is C27H33O5P. The van der Waals surface area contributed by atoms with Gasteiger partial charge in [-0.15, -0.1) is 0 Å². The fourth-order valence-electron chi connectivity index (χ4n) is 3.34. The van der Waals surface area contributed by atoms with E-state index in [1.54, 1.807) is 0 Å². The molecule has 0 aliphatic rings. The molecule has 0 aliphatic carbocycles. The summed E-state index contributed by atoms with van der Waals surface area (Å²) in [4.78, 5) is 0. The second-order valence-corrected chi connectivity index (χ2v) is 10.4. The minimum Gasteiger partial charge on any atom is -0.489 e. The number of hydrogen-bond donors (Lipinski definition) is 0. The molecule has 0 atom stereocenters. The molecule has 0 radical (unpaired) electrons. The van der Waals surface area contributed by atoms with Crippen LogP contribution in [0.5, 0.6) is 11.5 Å². The maximum absolute atomic E-state index is 13.5. The van der Waals surface area contributed by atoms with Gasteiger partial charge in [-0.3, -0.25) is 4.57 Å². The molecule has 3 rings (SSSR count). The maximum Gasteiger partial charge on any atom is 0.335 e. The summed E-state index contributed by atoms with van der Waals surface area (Å²) in [6, 6.07) is 25.5. The third kappa shape index (κ3) is 8.70. The van der Waals surface area contributed by atoms with Crippen molar-refractivity contribution in [3.05, 3.63) is 95.6 Å². The predicted octanol–water partition coefficient (Wildman–Crippen LogP) is 7.39. The fourth-order valence-corrected chi connectivity index (χ4v) is 5.45. The molecule has 0 amide bonds. The lowest BCUT2D eigenvalue weighted by Crippen LogP contribution is -2.09. The first-order valence-corrected chi connectivity index (χ1v) is 13.0. The Morgan fingerprint density at radius 2 is 1.06 bits per heavy atom. The monoisotopic (exact) mass is 468 g/mol. The van der Waals surface area contributed by atoms with E-state index < -0.39 is 7.60 Å². The summed E-state index contributed by atoms with van der Waals surface area (Å²) in [6.07, 6.45) is -0.310. The molecule has 33 heavy (non-hydrogen) atoms. The van der Waals surface area contributed by atoms with Crippen LogP contribution in [-0.4, -0.2) is 12.2 Å². The van der Waals surface area contributed by atoms with Gasteiger partial charge in [-0.2, -0.15) is 0 Å². The maximum atomic E-state index is 13.5. The standard InChI is InChI=1S/C27H33O5P/c1-21(2)31-33(28,32-22(3)4)20-25-15-26(29-18-23-11-7-5-8-12-23)17-27(16-25)30-19-24-13-9-6-10-14-24/h5-17,21-22H,18-20H2,1-4H3. The highest BCUT2D eigenvalue weighted by atomic mass is 31.2. The van der Waals surface area contributed by atoms with Crippen LogP contribution in [0, 0.1) is 0 Å². The van der Waals surface area contributed by atoms with Crippen molar-refractivity contribution in [3.8, 4) is 11.5 Å². The van der Waals surface area contributed by atoms with Crippen molar-refractivity contribution in [3.63, 3.8) is 0 Å². The zero-order valence-corrected chi connectivity index (χ0v) is 20.7. The van der Waals surface area contributed by atoms with E-state index in [4.69, 9.17) is 18.5 Å². The van der Waals surface area contributed by atoms with E-state index in [1.165, 1.54) is 0 Å². The molecular weight excluding hydrogens is 435 g/mol. The van der Waals surface area contributed by atoms with Crippen LogP contribution in [0.15, 0.2) is 78.9 Å². The van der Waals surface area contributed by atoms with Gasteiger partial charge in [-0.1, -0.05) is 60.7 Å². The molecule has 0 spiro atoms. The molecule has 0 aromatic heterocycles. The molecule has 0 saturated carbocycles. The molecule has 0 unspecified atom stereocenters. The van der Waals surface area contributed by atoms with Crippen molar-refractivity contribution < 1.29 is 23.1 Å². The van der Waals surface area contributed by atoms with Crippen molar-refractivity contribution >= 4 is 7.60 Å².